The van der Waals surface area contributed by atoms with E-state index in [0.29, 0.717) is 11.5 Å². The van der Waals surface area contributed by atoms with Gasteiger partial charge in [0.2, 0.25) is 0 Å². The number of rotatable bonds is 12. The van der Waals surface area contributed by atoms with Crippen LogP contribution in [-0.4, -0.2) is 49.9 Å². The predicted molar refractivity (Wildman–Crippen MR) is 89.9 cm³/mol. The fourth-order valence-electron chi connectivity index (χ4n) is 1.77. The van der Waals surface area contributed by atoms with Crippen molar-refractivity contribution in [3.05, 3.63) is 24.3 Å². The van der Waals surface area contributed by atoms with Crippen molar-refractivity contribution in [1.82, 2.24) is 0 Å². The molecule has 1 aromatic rings. The third-order valence-electron chi connectivity index (χ3n) is 2.84. The smallest absolute Gasteiger partial charge is 0.313 e. The van der Waals surface area contributed by atoms with Gasteiger partial charge < -0.3 is 18.9 Å². The highest BCUT2D eigenvalue weighted by atomic mass is 16.6. The molecule has 0 atom stereocenters. The molecule has 0 N–H and O–H groups in total. The minimum atomic E-state index is -0.575. The van der Waals surface area contributed by atoms with Gasteiger partial charge in [-0.3, -0.25) is 19.2 Å². The van der Waals surface area contributed by atoms with E-state index in [1.54, 1.807) is 24.3 Å². The van der Waals surface area contributed by atoms with Crippen molar-refractivity contribution in [3.63, 3.8) is 0 Å². The van der Waals surface area contributed by atoms with Crippen LogP contribution < -0.4 is 9.47 Å². The lowest BCUT2D eigenvalue weighted by atomic mass is 10.3. The van der Waals surface area contributed by atoms with Crippen molar-refractivity contribution in [3.8, 4) is 11.5 Å². The van der Waals surface area contributed by atoms with E-state index in [1.165, 1.54) is 13.8 Å². The molecule has 0 unspecified atom stereocenters. The lowest BCUT2D eigenvalue weighted by Crippen LogP contribution is -2.14. The van der Waals surface area contributed by atoms with E-state index >= 15 is 0 Å². The van der Waals surface area contributed by atoms with Gasteiger partial charge in [-0.15, -0.1) is 0 Å². The summed E-state index contributed by atoms with van der Waals surface area (Å²) < 4.78 is 20.5. The zero-order valence-corrected chi connectivity index (χ0v) is 14.8. The number of Topliss-reactive ketones (excluding diaryl/α,β-unsaturated/α-hetero) is 2. The molecule has 0 heterocycles. The van der Waals surface area contributed by atoms with Gasteiger partial charge in [-0.05, 0) is 38.1 Å². The van der Waals surface area contributed by atoms with Gasteiger partial charge in [0.1, 0.15) is 62.3 Å². The highest BCUT2D eigenvalue weighted by molar-refractivity contribution is 5.94. The molecule has 0 amide bonds. The third-order valence-corrected chi connectivity index (χ3v) is 2.84. The Kier molecular flexibility index (Phi) is 9.45. The summed E-state index contributed by atoms with van der Waals surface area (Å²) >= 11 is 0. The number of hydrogen-bond donors (Lipinski definition) is 0. The number of carbonyl (C=O) groups is 4. The quantitative estimate of drug-likeness (QED) is 0.311. The second-order valence-electron chi connectivity index (χ2n) is 5.37. The Labute approximate surface area is 151 Å². The van der Waals surface area contributed by atoms with Gasteiger partial charge >= 0.3 is 11.9 Å². The van der Waals surface area contributed by atoms with E-state index in [4.69, 9.17) is 18.9 Å². The summed E-state index contributed by atoms with van der Waals surface area (Å²) in [7, 11) is 0. The monoisotopic (exact) mass is 366 g/mol. The van der Waals surface area contributed by atoms with Gasteiger partial charge in [0, 0.05) is 0 Å². The average Bonchev–Trinajstić information content (AvgIpc) is 2.55. The van der Waals surface area contributed by atoms with Gasteiger partial charge in [0.15, 0.2) is 0 Å². The zero-order chi connectivity index (χ0) is 19.4. The van der Waals surface area contributed by atoms with E-state index in [9.17, 15) is 19.2 Å². The number of ether oxygens (including phenoxy) is 4. The molecule has 1 rings (SSSR count). The maximum Gasteiger partial charge on any atom is 0.313 e. The highest BCUT2D eigenvalue weighted by Gasteiger charge is 2.07. The van der Waals surface area contributed by atoms with Gasteiger partial charge in [-0.2, -0.15) is 0 Å². The number of carbonyl (C=O) groups excluding carboxylic acids is 4. The first kappa shape index (κ1) is 21.1. The van der Waals surface area contributed by atoms with Crippen molar-refractivity contribution in [1.29, 1.82) is 0 Å². The van der Waals surface area contributed by atoms with Crippen LogP contribution >= 0.6 is 0 Å². The minimum absolute atomic E-state index is 0.0516. The molecule has 142 valence electrons. The molecular weight excluding hydrogens is 344 g/mol. The molecule has 1 aromatic carbocycles. The third kappa shape index (κ3) is 10.1. The molecule has 0 aromatic heterocycles. The van der Waals surface area contributed by atoms with Crippen LogP contribution in [0.3, 0.4) is 0 Å². The number of esters is 2. The van der Waals surface area contributed by atoms with Crippen LogP contribution in [0.1, 0.15) is 26.7 Å². The van der Waals surface area contributed by atoms with Crippen molar-refractivity contribution in [2.75, 3.05) is 26.4 Å². The maximum atomic E-state index is 11.2. The highest BCUT2D eigenvalue weighted by Crippen LogP contribution is 2.17. The molecule has 0 saturated carbocycles. The largest absolute Gasteiger partial charge is 0.490 e. The van der Waals surface area contributed by atoms with Crippen molar-refractivity contribution < 1.29 is 38.1 Å². The van der Waals surface area contributed by atoms with E-state index in [2.05, 4.69) is 0 Å². The van der Waals surface area contributed by atoms with Gasteiger partial charge in [0.05, 0.1) is 0 Å². The molecule has 8 nitrogen and oxygen atoms in total. The lowest BCUT2D eigenvalue weighted by molar-refractivity contribution is -0.147. The molecule has 0 saturated heterocycles. The van der Waals surface area contributed by atoms with Crippen molar-refractivity contribution in [2.24, 2.45) is 0 Å². The van der Waals surface area contributed by atoms with Crippen LogP contribution in [0.5, 0.6) is 11.5 Å². The summed E-state index contributed by atoms with van der Waals surface area (Å²) in [6.45, 7) is 3.06. The molecule has 0 radical (unpaired) electrons. The molecular formula is C18H22O8. The minimum Gasteiger partial charge on any atom is -0.490 e. The fourth-order valence-corrected chi connectivity index (χ4v) is 1.77. The molecule has 8 heteroatoms. The van der Waals surface area contributed by atoms with E-state index in [1.807, 2.05) is 0 Å². The normalized spacial score (nSPS) is 9.92. The van der Waals surface area contributed by atoms with Crippen LogP contribution in [0.25, 0.3) is 0 Å². The SMILES string of the molecule is CC(=O)CC(=O)OCCOc1ccc(OCCOC(=O)CC(C)=O)cc1. The summed E-state index contributed by atoms with van der Waals surface area (Å²) in [6.07, 6.45) is -0.480. The van der Waals surface area contributed by atoms with Crippen LogP contribution in [0.15, 0.2) is 24.3 Å². The molecule has 0 aliphatic carbocycles. The fraction of sp³-hybridized carbons (Fsp3) is 0.444. The van der Waals surface area contributed by atoms with Gasteiger partial charge in [-0.1, -0.05) is 0 Å². The first-order valence-corrected chi connectivity index (χ1v) is 8.02. The molecule has 26 heavy (non-hydrogen) atoms. The standard InChI is InChI=1S/C18H22O8/c1-13(19)11-17(21)25-9-7-23-15-3-5-16(6-4-15)24-8-10-26-18(22)12-14(2)20/h3-6H,7-12H2,1-2H3. The van der Waals surface area contributed by atoms with Crippen LogP contribution in [-0.2, 0) is 28.7 Å². The summed E-state index contributed by atoms with van der Waals surface area (Å²) in [6, 6.07) is 6.70. The summed E-state index contributed by atoms with van der Waals surface area (Å²) in [4.78, 5) is 43.8. The second kappa shape index (κ2) is 11.6. The number of ketones is 2. The summed E-state index contributed by atoms with van der Waals surface area (Å²) in [5.74, 6) is -0.524. The summed E-state index contributed by atoms with van der Waals surface area (Å²) in [5, 5.41) is 0. The number of benzene rings is 1. The molecule has 0 aliphatic rings. The first-order valence-electron chi connectivity index (χ1n) is 8.02. The number of hydrogen-bond acceptors (Lipinski definition) is 8. The van der Waals surface area contributed by atoms with Crippen molar-refractivity contribution in [2.45, 2.75) is 26.7 Å². The predicted octanol–water partition coefficient (Wildman–Crippen LogP) is 1.49. The molecule has 0 bridgehead atoms. The Morgan fingerprint density at radius 2 is 1.00 bits per heavy atom. The Bertz CT molecular complexity index is 566. The van der Waals surface area contributed by atoms with Crippen LogP contribution in [0.4, 0.5) is 0 Å². The average molecular weight is 366 g/mol. The van der Waals surface area contributed by atoms with E-state index in [-0.39, 0.29) is 50.8 Å². The Hall–Kier alpha value is -2.90. The Morgan fingerprint density at radius 1 is 0.654 bits per heavy atom. The topological polar surface area (TPSA) is 105 Å². The van der Waals surface area contributed by atoms with E-state index < -0.39 is 11.9 Å². The first-order chi connectivity index (χ1) is 12.4. The van der Waals surface area contributed by atoms with E-state index in [0.717, 1.165) is 0 Å². The molecule has 0 fully saturated rings. The lowest BCUT2D eigenvalue weighted by Gasteiger charge is -2.09. The van der Waals surface area contributed by atoms with Crippen LogP contribution in [0, 0.1) is 0 Å². The molecule has 0 spiro atoms. The Morgan fingerprint density at radius 3 is 1.31 bits per heavy atom. The van der Waals surface area contributed by atoms with Gasteiger partial charge in [-0.25, -0.2) is 0 Å². The van der Waals surface area contributed by atoms with Crippen LogP contribution in [0.2, 0.25) is 0 Å². The second-order valence-corrected chi connectivity index (χ2v) is 5.37. The van der Waals surface area contributed by atoms with Gasteiger partial charge in [0.25, 0.3) is 0 Å². The Balaban J connectivity index is 2.19. The van der Waals surface area contributed by atoms with Crippen molar-refractivity contribution >= 4 is 23.5 Å². The molecule has 0 aliphatic heterocycles. The zero-order valence-electron chi connectivity index (χ0n) is 14.8. The summed E-state index contributed by atoms with van der Waals surface area (Å²) in [5.41, 5.74) is 0. The maximum absolute atomic E-state index is 11.2.